The van der Waals surface area contributed by atoms with Crippen LogP contribution in [0.2, 0.25) is 0 Å². The molecule has 8 heteroatoms. The quantitative estimate of drug-likeness (QED) is 0.436. The van der Waals surface area contributed by atoms with E-state index in [1.807, 2.05) is 26.8 Å². The smallest absolute Gasteiger partial charge is 0.410 e. The number of piperidine rings is 1. The third-order valence-electron chi connectivity index (χ3n) is 4.52. The minimum Gasteiger partial charge on any atom is -0.444 e. The Balaban J connectivity index is 1.87. The molecule has 1 aromatic carbocycles. The van der Waals surface area contributed by atoms with Crippen LogP contribution in [-0.4, -0.2) is 47.4 Å². The minimum atomic E-state index is -0.535. The summed E-state index contributed by atoms with van der Waals surface area (Å²) >= 11 is 0. The van der Waals surface area contributed by atoms with Gasteiger partial charge in [-0.05, 0) is 64.8 Å². The van der Waals surface area contributed by atoms with Crippen molar-refractivity contribution in [3.8, 4) is 6.07 Å². The van der Waals surface area contributed by atoms with E-state index in [-0.39, 0.29) is 23.5 Å². The fraction of sp³-hybridized carbons (Fsp3) is 0.455. The van der Waals surface area contributed by atoms with Gasteiger partial charge in [-0.2, -0.15) is 5.26 Å². The lowest BCUT2D eigenvalue weighted by atomic mass is 10.1. The Morgan fingerprint density at radius 1 is 1.17 bits per heavy atom. The fourth-order valence-electron chi connectivity index (χ4n) is 2.89. The van der Waals surface area contributed by atoms with Crippen molar-refractivity contribution in [3.63, 3.8) is 0 Å². The number of amides is 2. The predicted octanol–water partition coefficient (Wildman–Crippen LogP) is 3.22. The normalized spacial score (nSPS) is 15.2. The number of Topliss-reactive ketones (excluding diaryl/α,β-unsaturated/α-hetero) is 1. The topological polar surface area (TPSA) is 112 Å². The Morgan fingerprint density at radius 2 is 1.77 bits per heavy atom. The van der Waals surface area contributed by atoms with Crippen molar-refractivity contribution in [2.45, 2.75) is 52.2 Å². The molecule has 1 fully saturated rings. The van der Waals surface area contributed by atoms with Crippen molar-refractivity contribution in [2.24, 2.45) is 0 Å². The monoisotopic (exact) mass is 412 g/mol. The van der Waals surface area contributed by atoms with E-state index in [1.54, 1.807) is 29.2 Å². The van der Waals surface area contributed by atoms with E-state index in [1.165, 1.54) is 13.1 Å². The van der Waals surface area contributed by atoms with Crippen molar-refractivity contribution in [2.75, 3.05) is 18.4 Å². The van der Waals surface area contributed by atoms with Crippen molar-refractivity contribution in [1.82, 2.24) is 10.2 Å². The highest BCUT2D eigenvalue weighted by Gasteiger charge is 2.26. The van der Waals surface area contributed by atoms with E-state index < -0.39 is 11.5 Å². The van der Waals surface area contributed by atoms with Crippen molar-refractivity contribution >= 4 is 23.5 Å². The van der Waals surface area contributed by atoms with Gasteiger partial charge in [0.15, 0.2) is 5.78 Å². The summed E-state index contributed by atoms with van der Waals surface area (Å²) in [4.78, 5) is 37.4. The number of ether oxygens (including phenoxy) is 1. The number of anilines is 1. The molecule has 0 bridgehead atoms. The number of hydrogen-bond donors (Lipinski definition) is 2. The number of nitrogens with zero attached hydrogens (tertiary/aromatic N) is 2. The first kappa shape index (κ1) is 22.9. The van der Waals surface area contributed by atoms with E-state index >= 15 is 0 Å². The predicted molar refractivity (Wildman–Crippen MR) is 113 cm³/mol. The molecule has 1 aliphatic rings. The molecule has 160 valence electrons. The minimum absolute atomic E-state index is 0.0506. The highest BCUT2D eigenvalue weighted by molar-refractivity contribution is 6.06. The molecule has 2 N–H and O–H groups in total. The fourth-order valence-corrected chi connectivity index (χ4v) is 2.89. The summed E-state index contributed by atoms with van der Waals surface area (Å²) in [5.74, 6) is -0.598. The molecule has 2 amide bonds. The van der Waals surface area contributed by atoms with Gasteiger partial charge in [-0.3, -0.25) is 9.59 Å². The van der Waals surface area contributed by atoms with Gasteiger partial charge in [0.1, 0.15) is 17.2 Å². The molecule has 0 unspecified atom stereocenters. The van der Waals surface area contributed by atoms with Crippen molar-refractivity contribution in [3.05, 3.63) is 41.6 Å². The van der Waals surface area contributed by atoms with Gasteiger partial charge in [0.05, 0.1) is 0 Å². The SMILES string of the molecule is CC(=O)c1ccc(NC(=O)/C(C#N)=C\NC2CCN(C(=O)OC(C)(C)C)CC2)cc1. The summed E-state index contributed by atoms with van der Waals surface area (Å²) in [7, 11) is 0. The first-order chi connectivity index (χ1) is 14.1. The van der Waals surface area contributed by atoms with Crippen LogP contribution < -0.4 is 10.6 Å². The Bertz CT molecular complexity index is 855. The molecule has 1 aromatic rings. The van der Waals surface area contributed by atoms with Gasteiger partial charge >= 0.3 is 6.09 Å². The molecule has 1 saturated heterocycles. The molecule has 0 atom stereocenters. The van der Waals surface area contributed by atoms with Crippen LogP contribution >= 0.6 is 0 Å². The van der Waals surface area contributed by atoms with Crippen LogP contribution in [-0.2, 0) is 9.53 Å². The van der Waals surface area contributed by atoms with Crippen molar-refractivity contribution < 1.29 is 19.1 Å². The van der Waals surface area contributed by atoms with Crippen LogP contribution in [0.3, 0.4) is 0 Å². The molecule has 0 spiro atoms. The van der Waals surface area contributed by atoms with E-state index in [9.17, 15) is 19.6 Å². The zero-order valence-corrected chi connectivity index (χ0v) is 17.8. The van der Waals surface area contributed by atoms with Crippen LogP contribution in [0.4, 0.5) is 10.5 Å². The molecule has 30 heavy (non-hydrogen) atoms. The first-order valence-corrected chi connectivity index (χ1v) is 9.85. The number of nitriles is 1. The maximum absolute atomic E-state index is 12.3. The summed E-state index contributed by atoms with van der Waals surface area (Å²) in [5, 5.41) is 15.1. The average Bonchev–Trinajstić information content (AvgIpc) is 2.68. The third kappa shape index (κ3) is 6.92. The summed E-state index contributed by atoms with van der Waals surface area (Å²) in [6.45, 7) is 8.03. The van der Waals surface area contributed by atoms with E-state index in [2.05, 4.69) is 10.6 Å². The number of ketones is 1. The Morgan fingerprint density at radius 3 is 2.27 bits per heavy atom. The number of nitrogens with one attached hydrogen (secondary N) is 2. The largest absolute Gasteiger partial charge is 0.444 e. The van der Waals surface area contributed by atoms with Crippen LogP contribution in [0.15, 0.2) is 36.0 Å². The number of rotatable bonds is 5. The number of carbonyl (C=O) groups excluding carboxylic acids is 3. The molecule has 1 heterocycles. The number of likely N-dealkylation sites (tertiary alicyclic amines) is 1. The maximum atomic E-state index is 12.3. The number of hydrogen-bond acceptors (Lipinski definition) is 6. The zero-order chi connectivity index (χ0) is 22.3. The lowest BCUT2D eigenvalue weighted by Gasteiger charge is -2.33. The molecule has 0 radical (unpaired) electrons. The molecule has 8 nitrogen and oxygen atoms in total. The molecular weight excluding hydrogens is 384 g/mol. The van der Waals surface area contributed by atoms with Gasteiger partial charge in [0, 0.05) is 36.6 Å². The highest BCUT2D eigenvalue weighted by Crippen LogP contribution is 2.16. The molecule has 0 saturated carbocycles. The Kier molecular flexibility index (Phi) is 7.59. The Labute approximate surface area is 176 Å². The van der Waals surface area contributed by atoms with E-state index in [0.29, 0.717) is 37.2 Å². The van der Waals surface area contributed by atoms with Gasteiger partial charge in [-0.1, -0.05) is 0 Å². The van der Waals surface area contributed by atoms with Gasteiger partial charge in [0.2, 0.25) is 0 Å². The lowest BCUT2D eigenvalue weighted by molar-refractivity contribution is -0.112. The van der Waals surface area contributed by atoms with E-state index in [0.717, 1.165) is 0 Å². The molecule has 0 aromatic heterocycles. The van der Waals surface area contributed by atoms with Gasteiger partial charge in [0.25, 0.3) is 5.91 Å². The zero-order valence-electron chi connectivity index (χ0n) is 17.8. The van der Waals surface area contributed by atoms with Gasteiger partial charge < -0.3 is 20.3 Å². The molecule has 1 aliphatic heterocycles. The number of benzene rings is 1. The maximum Gasteiger partial charge on any atom is 0.410 e. The highest BCUT2D eigenvalue weighted by atomic mass is 16.6. The standard InChI is InChI=1S/C22H28N4O4/c1-15(27)16-5-7-19(8-6-16)25-20(28)17(13-23)14-24-18-9-11-26(12-10-18)21(29)30-22(2,3)4/h5-8,14,18,24H,9-12H2,1-4H3,(H,25,28)/b17-14-. The van der Waals surface area contributed by atoms with Crippen LogP contribution in [0.25, 0.3) is 0 Å². The molecule has 2 rings (SSSR count). The van der Waals surface area contributed by atoms with Crippen LogP contribution in [0, 0.1) is 11.3 Å². The second kappa shape index (κ2) is 9.92. The Hall–Kier alpha value is -3.34. The summed E-state index contributed by atoms with van der Waals surface area (Å²) < 4.78 is 5.38. The van der Waals surface area contributed by atoms with Gasteiger partial charge in [-0.25, -0.2) is 4.79 Å². The molecular formula is C22H28N4O4. The third-order valence-corrected chi connectivity index (χ3v) is 4.52. The van der Waals surface area contributed by atoms with E-state index in [4.69, 9.17) is 4.74 Å². The summed E-state index contributed by atoms with van der Waals surface area (Å²) in [5.41, 5.74) is 0.455. The summed E-state index contributed by atoms with van der Waals surface area (Å²) in [6.07, 6.45) is 2.45. The number of carbonyl (C=O) groups is 3. The molecule has 0 aliphatic carbocycles. The van der Waals surface area contributed by atoms with Crippen LogP contribution in [0.1, 0.15) is 50.9 Å². The second-order valence-electron chi connectivity index (χ2n) is 8.17. The first-order valence-electron chi connectivity index (χ1n) is 9.85. The lowest BCUT2D eigenvalue weighted by Crippen LogP contribution is -2.45. The van der Waals surface area contributed by atoms with Crippen molar-refractivity contribution in [1.29, 1.82) is 5.26 Å². The van der Waals surface area contributed by atoms with Crippen LogP contribution in [0.5, 0.6) is 0 Å². The average molecular weight is 412 g/mol. The summed E-state index contributed by atoms with van der Waals surface area (Å²) in [6, 6.07) is 8.40. The second-order valence-corrected chi connectivity index (χ2v) is 8.17. The van der Waals surface area contributed by atoms with Gasteiger partial charge in [-0.15, -0.1) is 0 Å².